The van der Waals surface area contributed by atoms with Crippen LogP contribution in [0.4, 0.5) is 8.78 Å². The minimum atomic E-state index is -2.05. The molecule has 0 aliphatic rings. The number of hydrogen-bond donors (Lipinski definition) is 0. The van der Waals surface area contributed by atoms with Crippen LogP contribution in [0.2, 0.25) is 19.6 Å². The summed E-state index contributed by atoms with van der Waals surface area (Å²) >= 11 is 0. The predicted molar refractivity (Wildman–Crippen MR) is 54.5 cm³/mol. The average Bonchev–Trinajstić information content (AvgIpc) is 1.78. The van der Waals surface area contributed by atoms with E-state index in [9.17, 15) is 8.78 Å². The molecule has 0 unspecified atom stereocenters. The van der Waals surface area contributed by atoms with Crippen molar-refractivity contribution in [2.75, 3.05) is 0 Å². The van der Waals surface area contributed by atoms with Crippen LogP contribution < -0.4 is 0 Å². The number of rotatable bonds is 3. The van der Waals surface area contributed by atoms with Gasteiger partial charge in [0.05, 0.1) is 0 Å². The molecule has 0 rings (SSSR count). The fraction of sp³-hybridized carbons (Fsp3) is 0.778. The highest BCUT2D eigenvalue weighted by Crippen LogP contribution is 2.22. The van der Waals surface area contributed by atoms with Gasteiger partial charge >= 0.3 is 12.0 Å². The van der Waals surface area contributed by atoms with E-state index >= 15 is 0 Å². The maximum atomic E-state index is 12.4. The quantitative estimate of drug-likeness (QED) is 0.537. The maximum Gasteiger partial charge on any atom is 0.348 e. The largest absolute Gasteiger partial charge is 0.516 e. The molecule has 0 N–H and O–H groups in total. The first-order chi connectivity index (χ1) is 6.01. The van der Waals surface area contributed by atoms with Gasteiger partial charge in [-0.15, -0.1) is 0 Å². The Morgan fingerprint density at radius 3 is 1.71 bits per heavy atom. The lowest BCUT2D eigenvalue weighted by atomic mass is 10.2. The monoisotopic (exact) mass is 224 g/mol. The zero-order valence-corrected chi connectivity index (χ0v) is 10.6. The second-order valence-corrected chi connectivity index (χ2v) is 9.41. The molecule has 0 amide bonds. The lowest BCUT2D eigenvalue weighted by molar-refractivity contribution is -0.0211. The Balaban J connectivity index is 4.59. The predicted octanol–water partition coefficient (Wildman–Crippen LogP) is 3.72. The molecular formula is C9H18F2O2Si. The van der Waals surface area contributed by atoms with Crippen LogP contribution >= 0.6 is 0 Å². The van der Waals surface area contributed by atoms with Crippen LogP contribution in [0.3, 0.4) is 0 Å². The van der Waals surface area contributed by atoms with E-state index in [1.54, 1.807) is 20.8 Å². The fourth-order valence-electron chi connectivity index (χ4n) is 0.654. The Labute approximate surface area is 85.0 Å². The molecule has 0 aromatic carbocycles. The van der Waals surface area contributed by atoms with E-state index in [0.29, 0.717) is 0 Å². The minimum Gasteiger partial charge on any atom is -0.516 e. The average molecular weight is 224 g/mol. The lowest BCUT2D eigenvalue weighted by Gasteiger charge is -2.27. The van der Waals surface area contributed by atoms with Crippen LogP contribution in [0.1, 0.15) is 20.8 Å². The van der Waals surface area contributed by atoms with Crippen molar-refractivity contribution in [1.82, 2.24) is 0 Å². The molecule has 84 valence electrons. The van der Waals surface area contributed by atoms with Crippen LogP contribution in [0.5, 0.6) is 0 Å². The van der Waals surface area contributed by atoms with Crippen molar-refractivity contribution in [3.05, 3.63) is 12.0 Å². The molecule has 0 spiro atoms. The van der Waals surface area contributed by atoms with E-state index in [4.69, 9.17) is 9.16 Å². The Morgan fingerprint density at radius 1 is 1.07 bits per heavy atom. The van der Waals surface area contributed by atoms with Gasteiger partial charge in [0.1, 0.15) is 5.60 Å². The van der Waals surface area contributed by atoms with Gasteiger partial charge in [-0.3, -0.25) is 0 Å². The summed E-state index contributed by atoms with van der Waals surface area (Å²) in [5.41, 5.74) is -0.668. The van der Waals surface area contributed by atoms with E-state index in [-0.39, 0.29) is 0 Å². The van der Waals surface area contributed by atoms with Crippen LogP contribution in [0, 0.1) is 0 Å². The van der Waals surface area contributed by atoms with Crippen molar-refractivity contribution < 1.29 is 17.9 Å². The zero-order valence-electron chi connectivity index (χ0n) is 9.57. The molecule has 0 fully saturated rings. The van der Waals surface area contributed by atoms with Crippen LogP contribution in [-0.4, -0.2) is 13.9 Å². The molecular weight excluding hydrogens is 206 g/mol. The zero-order chi connectivity index (χ0) is 11.6. The Morgan fingerprint density at radius 2 is 1.50 bits per heavy atom. The van der Waals surface area contributed by atoms with Gasteiger partial charge < -0.3 is 9.16 Å². The van der Waals surface area contributed by atoms with Gasteiger partial charge in [-0.1, -0.05) is 0 Å². The molecule has 0 bridgehead atoms. The summed E-state index contributed by atoms with van der Waals surface area (Å²) in [6, 6.07) is 0. The highest BCUT2D eigenvalue weighted by molar-refractivity contribution is 6.70. The molecule has 0 aromatic rings. The molecule has 2 nitrogen and oxygen atoms in total. The van der Waals surface area contributed by atoms with Gasteiger partial charge in [0.15, 0.2) is 0 Å². The second-order valence-electron chi connectivity index (χ2n) is 4.98. The first-order valence-corrected chi connectivity index (χ1v) is 7.85. The van der Waals surface area contributed by atoms with Crippen LogP contribution in [0.25, 0.3) is 0 Å². The number of halogens is 2. The molecule has 0 radical (unpaired) electrons. The molecule has 0 heterocycles. The molecule has 5 heteroatoms. The maximum absolute atomic E-state index is 12.4. The van der Waals surface area contributed by atoms with Gasteiger partial charge in [0, 0.05) is 0 Å². The smallest absolute Gasteiger partial charge is 0.348 e. The number of hydrogen-bond acceptors (Lipinski definition) is 2. The molecule has 0 aliphatic carbocycles. The van der Waals surface area contributed by atoms with Crippen molar-refractivity contribution in [3.63, 3.8) is 0 Å². The van der Waals surface area contributed by atoms with E-state index in [2.05, 4.69) is 0 Å². The van der Waals surface area contributed by atoms with Gasteiger partial charge in [0.25, 0.3) is 0 Å². The van der Waals surface area contributed by atoms with E-state index in [1.807, 2.05) is 19.6 Å². The van der Waals surface area contributed by atoms with Crippen molar-refractivity contribution in [1.29, 1.82) is 0 Å². The Hall–Kier alpha value is -0.583. The Kier molecular flexibility index (Phi) is 4.11. The van der Waals surface area contributed by atoms with Gasteiger partial charge in [-0.2, -0.15) is 8.78 Å². The molecule has 14 heavy (non-hydrogen) atoms. The topological polar surface area (TPSA) is 18.5 Å². The third-order valence-corrected chi connectivity index (χ3v) is 1.75. The molecule has 0 aromatic heterocycles. The summed E-state index contributed by atoms with van der Waals surface area (Å²) in [5, 5.41) is 0. The molecule has 0 saturated heterocycles. The summed E-state index contributed by atoms with van der Waals surface area (Å²) in [6.45, 7) is 10.6. The molecule has 0 aliphatic heterocycles. The molecule has 0 saturated carbocycles. The SMILES string of the molecule is CC(C)(C)OC(O[Si](C)(C)C)=C(F)F. The van der Waals surface area contributed by atoms with E-state index < -0.39 is 25.9 Å². The minimum absolute atomic E-state index is 0.628. The highest BCUT2D eigenvalue weighted by atomic mass is 28.4. The van der Waals surface area contributed by atoms with E-state index in [0.717, 1.165) is 0 Å². The van der Waals surface area contributed by atoms with Crippen LogP contribution in [-0.2, 0) is 9.16 Å². The second kappa shape index (κ2) is 4.29. The van der Waals surface area contributed by atoms with Gasteiger partial charge in [-0.05, 0) is 40.4 Å². The first kappa shape index (κ1) is 13.4. The van der Waals surface area contributed by atoms with Gasteiger partial charge in [0.2, 0.25) is 8.32 Å². The molecule has 0 atom stereocenters. The number of ether oxygens (including phenoxy) is 1. The standard InChI is InChI=1S/C9H18F2O2Si/c1-9(2,3)12-8(7(10)11)13-14(4,5)6/h1-6H3. The Bertz CT molecular complexity index is 204. The normalized spacial score (nSPS) is 12.3. The first-order valence-electron chi connectivity index (χ1n) is 4.44. The van der Waals surface area contributed by atoms with Crippen molar-refractivity contribution in [3.8, 4) is 0 Å². The summed E-state index contributed by atoms with van der Waals surface area (Å²) < 4.78 is 35.0. The third-order valence-electron chi connectivity index (χ3n) is 0.952. The summed E-state index contributed by atoms with van der Waals surface area (Å²) in [6.07, 6.45) is -1.90. The van der Waals surface area contributed by atoms with E-state index in [1.165, 1.54) is 0 Å². The summed E-state index contributed by atoms with van der Waals surface area (Å²) in [4.78, 5) is 0. The highest BCUT2D eigenvalue weighted by Gasteiger charge is 2.25. The third kappa shape index (κ3) is 6.88. The van der Waals surface area contributed by atoms with Crippen molar-refractivity contribution in [2.24, 2.45) is 0 Å². The lowest BCUT2D eigenvalue weighted by Crippen LogP contribution is -2.29. The summed E-state index contributed by atoms with van der Waals surface area (Å²) in [7, 11) is -2.05. The van der Waals surface area contributed by atoms with Crippen LogP contribution in [0.15, 0.2) is 12.0 Å². The van der Waals surface area contributed by atoms with Gasteiger partial charge in [-0.25, -0.2) is 0 Å². The van der Waals surface area contributed by atoms with Crippen molar-refractivity contribution in [2.45, 2.75) is 46.0 Å². The van der Waals surface area contributed by atoms with Crippen molar-refractivity contribution >= 4 is 8.32 Å². The summed E-state index contributed by atoms with van der Waals surface area (Å²) in [5.74, 6) is -0.628. The fourth-order valence-corrected chi connectivity index (χ4v) is 1.33.